The molecule has 1 unspecified atom stereocenters. The van der Waals surface area contributed by atoms with E-state index in [-0.39, 0.29) is 17.1 Å². The first kappa shape index (κ1) is 19.2. The van der Waals surface area contributed by atoms with E-state index >= 15 is 0 Å². The number of morpholine rings is 1. The number of allylic oxidation sites excluding steroid dienone is 3. The number of rotatable bonds is 2. The molecule has 1 aromatic heterocycles. The summed E-state index contributed by atoms with van der Waals surface area (Å²) in [7, 11) is 0. The van der Waals surface area contributed by atoms with Crippen molar-refractivity contribution in [3.05, 3.63) is 44.6 Å². The van der Waals surface area contributed by atoms with E-state index in [1.807, 2.05) is 23.4 Å². The first-order chi connectivity index (χ1) is 13.3. The van der Waals surface area contributed by atoms with Gasteiger partial charge in [0.2, 0.25) is 0 Å². The molecule has 0 saturated carbocycles. The zero-order valence-corrected chi connectivity index (χ0v) is 17.4. The lowest BCUT2D eigenvalue weighted by Gasteiger charge is -2.48. The molecule has 2 aliphatic heterocycles. The second-order valence-electron chi connectivity index (χ2n) is 8.49. The molecular weight excluding hydrogens is 372 g/mol. The predicted octanol–water partition coefficient (Wildman–Crippen LogP) is 3.04. The lowest BCUT2D eigenvalue weighted by Crippen LogP contribution is -2.53. The highest BCUT2D eigenvalue weighted by Gasteiger charge is 2.46. The molecule has 1 aromatic rings. The molecule has 3 heterocycles. The molecule has 0 spiro atoms. The number of thiophene rings is 1. The van der Waals surface area contributed by atoms with Gasteiger partial charge in [0, 0.05) is 35.7 Å². The maximum absolute atomic E-state index is 13.4. The number of hydrogen-bond acceptors (Lipinski definition) is 7. The van der Waals surface area contributed by atoms with Crippen LogP contribution in [0.5, 0.6) is 0 Å². The fourth-order valence-corrected chi connectivity index (χ4v) is 5.56. The molecular formula is C21H26N4O2S. The first-order valence-electron chi connectivity index (χ1n) is 9.67. The summed E-state index contributed by atoms with van der Waals surface area (Å²) in [5, 5.41) is 16.1. The van der Waals surface area contributed by atoms with Crippen LogP contribution in [0, 0.1) is 23.7 Å². The topological polar surface area (TPSA) is 82.6 Å². The summed E-state index contributed by atoms with van der Waals surface area (Å²) in [4.78, 5) is 14.4. The molecule has 3 aliphatic rings. The summed E-state index contributed by atoms with van der Waals surface area (Å²) in [6, 6.07) is 4.38. The van der Waals surface area contributed by atoms with Crippen molar-refractivity contribution in [2.24, 2.45) is 11.1 Å². The maximum Gasteiger partial charge on any atom is 0.162 e. The van der Waals surface area contributed by atoms with Crippen molar-refractivity contribution in [2.45, 2.75) is 39.5 Å². The van der Waals surface area contributed by atoms with E-state index in [1.54, 1.807) is 11.3 Å². The third-order valence-electron chi connectivity index (χ3n) is 5.79. The lowest BCUT2D eigenvalue weighted by molar-refractivity contribution is -0.119. The Morgan fingerprint density at radius 1 is 1.32 bits per heavy atom. The van der Waals surface area contributed by atoms with Crippen molar-refractivity contribution in [2.75, 3.05) is 26.3 Å². The van der Waals surface area contributed by atoms with Crippen molar-refractivity contribution in [1.82, 2.24) is 10.0 Å². The molecule has 1 atom stereocenters. The number of aryl methyl sites for hydroxylation is 1. The van der Waals surface area contributed by atoms with E-state index in [0.29, 0.717) is 44.1 Å². The van der Waals surface area contributed by atoms with E-state index in [9.17, 15) is 10.1 Å². The zero-order valence-electron chi connectivity index (χ0n) is 16.6. The van der Waals surface area contributed by atoms with Crippen LogP contribution in [0.4, 0.5) is 0 Å². The average molecular weight is 399 g/mol. The highest BCUT2D eigenvalue weighted by molar-refractivity contribution is 7.10. The monoisotopic (exact) mass is 398 g/mol. The van der Waals surface area contributed by atoms with Crippen LogP contribution in [0.3, 0.4) is 0 Å². The maximum atomic E-state index is 13.4. The molecule has 1 aliphatic carbocycles. The number of hydrogen-bond donors (Lipinski definition) is 1. The molecule has 4 rings (SSSR count). The normalized spacial score (nSPS) is 25.7. The van der Waals surface area contributed by atoms with Gasteiger partial charge in [-0.1, -0.05) is 13.8 Å². The quantitative estimate of drug-likeness (QED) is 0.824. The van der Waals surface area contributed by atoms with Crippen LogP contribution >= 0.6 is 11.3 Å². The van der Waals surface area contributed by atoms with Crippen molar-refractivity contribution in [3.8, 4) is 6.07 Å². The number of carbonyl (C=O) groups is 1. The number of nitrogens with zero attached hydrogens (tertiary/aromatic N) is 3. The molecule has 2 N–H and O–H groups in total. The summed E-state index contributed by atoms with van der Waals surface area (Å²) in [6.45, 7) is 8.87. The Kier molecular flexibility index (Phi) is 4.82. The van der Waals surface area contributed by atoms with Gasteiger partial charge in [-0.15, -0.1) is 11.3 Å². The molecule has 28 heavy (non-hydrogen) atoms. The highest BCUT2D eigenvalue weighted by Crippen LogP contribution is 2.50. The van der Waals surface area contributed by atoms with Gasteiger partial charge in [-0.3, -0.25) is 9.80 Å². The van der Waals surface area contributed by atoms with Crippen molar-refractivity contribution in [3.63, 3.8) is 0 Å². The van der Waals surface area contributed by atoms with Gasteiger partial charge in [0.05, 0.1) is 30.8 Å². The van der Waals surface area contributed by atoms with Crippen LogP contribution in [0.15, 0.2) is 34.1 Å². The summed E-state index contributed by atoms with van der Waals surface area (Å²) < 4.78 is 5.50. The Morgan fingerprint density at radius 3 is 2.64 bits per heavy atom. The van der Waals surface area contributed by atoms with Gasteiger partial charge in [0.15, 0.2) is 5.78 Å². The molecule has 0 aromatic carbocycles. The third kappa shape index (κ3) is 3.06. The lowest BCUT2D eigenvalue weighted by atomic mass is 9.70. The first-order valence-corrected chi connectivity index (χ1v) is 10.5. The molecule has 1 saturated heterocycles. The fraction of sp³-hybridized carbons (Fsp3) is 0.524. The number of carbonyl (C=O) groups excluding carboxylic acids is 1. The predicted molar refractivity (Wildman–Crippen MR) is 108 cm³/mol. The van der Waals surface area contributed by atoms with E-state index in [1.165, 1.54) is 0 Å². The van der Waals surface area contributed by atoms with Gasteiger partial charge in [-0.2, -0.15) is 5.26 Å². The molecule has 0 amide bonds. The molecule has 0 bridgehead atoms. The van der Waals surface area contributed by atoms with Crippen molar-refractivity contribution >= 4 is 17.1 Å². The minimum Gasteiger partial charge on any atom is -0.383 e. The highest BCUT2D eigenvalue weighted by atomic mass is 32.1. The summed E-state index contributed by atoms with van der Waals surface area (Å²) >= 11 is 1.59. The Morgan fingerprint density at radius 2 is 2.04 bits per heavy atom. The largest absolute Gasteiger partial charge is 0.383 e. The van der Waals surface area contributed by atoms with Gasteiger partial charge in [-0.25, -0.2) is 5.01 Å². The Bertz CT molecular complexity index is 915. The molecule has 6 nitrogen and oxygen atoms in total. The third-order valence-corrected chi connectivity index (χ3v) is 6.87. The Balaban J connectivity index is 1.93. The average Bonchev–Trinajstić information content (AvgIpc) is 3.06. The van der Waals surface area contributed by atoms with Gasteiger partial charge < -0.3 is 10.5 Å². The number of ketones is 1. The Hall–Kier alpha value is -2.14. The standard InChI is InChI=1S/C21H26N4O2S/c1-13-4-9-28-19(13)17-14(12-22)20(23)25(24-5-7-27-8-6-24)15-10-21(2,3)11-16(26)18(15)17/h4,9,17H,5-8,10-11,23H2,1-3H3. The number of hydrazine groups is 1. The molecule has 148 valence electrons. The summed E-state index contributed by atoms with van der Waals surface area (Å²) in [5.74, 6) is 0.218. The minimum atomic E-state index is -0.360. The molecule has 0 radical (unpaired) electrons. The van der Waals surface area contributed by atoms with E-state index in [4.69, 9.17) is 10.5 Å². The summed E-state index contributed by atoms with van der Waals surface area (Å²) in [6.07, 6.45) is 1.24. The van der Waals surface area contributed by atoms with Gasteiger partial charge >= 0.3 is 0 Å². The van der Waals surface area contributed by atoms with Gasteiger partial charge in [0.25, 0.3) is 0 Å². The van der Waals surface area contributed by atoms with E-state index < -0.39 is 0 Å². The second kappa shape index (κ2) is 7.03. The SMILES string of the molecule is Cc1ccsc1C1C(C#N)=C(N)N(N2CCOCC2)C2=C1C(=O)CC(C)(C)C2. The van der Waals surface area contributed by atoms with Crippen LogP contribution in [-0.2, 0) is 9.53 Å². The summed E-state index contributed by atoms with van der Waals surface area (Å²) in [5.41, 5.74) is 9.75. The number of Topliss-reactive ketones (excluding diaryl/α,β-unsaturated/α-hetero) is 1. The van der Waals surface area contributed by atoms with Crippen LogP contribution < -0.4 is 5.73 Å². The van der Waals surface area contributed by atoms with E-state index in [2.05, 4.69) is 24.9 Å². The smallest absolute Gasteiger partial charge is 0.162 e. The van der Waals surface area contributed by atoms with Gasteiger partial charge in [0.1, 0.15) is 5.82 Å². The van der Waals surface area contributed by atoms with Crippen LogP contribution in [0.25, 0.3) is 0 Å². The van der Waals surface area contributed by atoms with Crippen LogP contribution in [-0.4, -0.2) is 42.1 Å². The van der Waals surface area contributed by atoms with Crippen molar-refractivity contribution < 1.29 is 9.53 Å². The number of ether oxygens (including phenoxy) is 1. The Labute approximate surface area is 169 Å². The fourth-order valence-electron chi connectivity index (χ4n) is 4.51. The molecule has 1 fully saturated rings. The van der Waals surface area contributed by atoms with Crippen molar-refractivity contribution in [1.29, 1.82) is 5.26 Å². The van der Waals surface area contributed by atoms with Gasteiger partial charge in [-0.05, 0) is 35.8 Å². The number of nitrogens with two attached hydrogens (primary N) is 1. The number of nitriles is 1. The van der Waals surface area contributed by atoms with Crippen LogP contribution in [0.1, 0.15) is 43.0 Å². The zero-order chi connectivity index (χ0) is 20.1. The minimum absolute atomic E-state index is 0.127. The second-order valence-corrected chi connectivity index (χ2v) is 9.44. The van der Waals surface area contributed by atoms with Crippen LogP contribution in [0.2, 0.25) is 0 Å². The molecule has 7 heteroatoms. The van der Waals surface area contributed by atoms with E-state index in [0.717, 1.165) is 28.1 Å².